The molecule has 0 bridgehead atoms. The van der Waals surface area contributed by atoms with Crippen LogP contribution in [0.1, 0.15) is 0 Å². The SMILES string of the molecule is c1ccc(N(c2ccccc2)c2c3ccc(-c4ccc5ccccc5c4)cc3c(N(c3ccccc3)c3ccccc3)c3ccc(-c4ccc5ccccc5c4)cc23)cc1. The molecule has 2 heteroatoms. The lowest BCUT2D eigenvalue weighted by atomic mass is 9.90. The molecule has 0 aliphatic heterocycles. The minimum absolute atomic E-state index is 1.09. The van der Waals surface area contributed by atoms with E-state index in [1.165, 1.54) is 43.8 Å². The molecule has 0 aliphatic rings. The lowest BCUT2D eigenvalue weighted by molar-refractivity contribution is 1.29. The molecule has 0 heterocycles. The van der Waals surface area contributed by atoms with Crippen LogP contribution in [0, 0.1) is 0 Å². The Morgan fingerprint density at radius 1 is 0.200 bits per heavy atom. The maximum Gasteiger partial charge on any atom is 0.0620 e. The van der Waals surface area contributed by atoms with Crippen molar-refractivity contribution in [2.24, 2.45) is 0 Å². The predicted molar refractivity (Wildman–Crippen MR) is 257 cm³/mol. The van der Waals surface area contributed by atoms with E-state index < -0.39 is 0 Å². The van der Waals surface area contributed by atoms with Crippen molar-refractivity contribution in [3.63, 3.8) is 0 Å². The quantitative estimate of drug-likeness (QED) is 0.112. The first-order valence-electron chi connectivity index (χ1n) is 20.6. The van der Waals surface area contributed by atoms with Crippen LogP contribution in [0.3, 0.4) is 0 Å². The lowest BCUT2D eigenvalue weighted by Gasteiger charge is -2.33. The Hall–Kier alpha value is -7.94. The number of benzene rings is 11. The Morgan fingerprint density at radius 3 is 0.833 bits per heavy atom. The van der Waals surface area contributed by atoms with Gasteiger partial charge >= 0.3 is 0 Å². The zero-order valence-corrected chi connectivity index (χ0v) is 33.0. The van der Waals surface area contributed by atoms with Gasteiger partial charge in [-0.2, -0.15) is 0 Å². The maximum absolute atomic E-state index is 2.45. The van der Waals surface area contributed by atoms with Gasteiger partial charge in [0.1, 0.15) is 0 Å². The average molecular weight is 765 g/mol. The van der Waals surface area contributed by atoms with Gasteiger partial charge in [-0.25, -0.2) is 0 Å². The third-order valence-corrected chi connectivity index (χ3v) is 11.7. The molecule has 0 aromatic heterocycles. The highest BCUT2D eigenvalue weighted by atomic mass is 15.2. The highest BCUT2D eigenvalue weighted by Crippen LogP contribution is 2.52. The number of hydrogen-bond acceptors (Lipinski definition) is 2. The van der Waals surface area contributed by atoms with Gasteiger partial charge in [0.25, 0.3) is 0 Å². The van der Waals surface area contributed by atoms with E-state index in [0.717, 1.165) is 55.7 Å². The summed E-state index contributed by atoms with van der Waals surface area (Å²) in [5.41, 5.74) is 11.3. The first kappa shape index (κ1) is 35.2. The summed E-state index contributed by atoms with van der Waals surface area (Å²) in [4.78, 5) is 4.90. The second kappa shape index (κ2) is 15.1. The van der Waals surface area contributed by atoms with Gasteiger partial charge in [0, 0.05) is 44.3 Å². The van der Waals surface area contributed by atoms with Crippen molar-refractivity contribution in [3.8, 4) is 22.3 Å². The molecule has 0 saturated heterocycles. The topological polar surface area (TPSA) is 6.48 Å². The number of fused-ring (bicyclic) bond motifs is 4. The van der Waals surface area contributed by atoms with Gasteiger partial charge in [-0.3, -0.25) is 0 Å². The van der Waals surface area contributed by atoms with Crippen LogP contribution in [0.4, 0.5) is 34.1 Å². The average Bonchev–Trinajstić information content (AvgIpc) is 3.33. The summed E-state index contributed by atoms with van der Waals surface area (Å²) in [5.74, 6) is 0. The van der Waals surface area contributed by atoms with Crippen molar-refractivity contribution in [3.05, 3.63) is 243 Å². The summed E-state index contributed by atoms with van der Waals surface area (Å²) < 4.78 is 0. The Labute approximate surface area is 350 Å². The van der Waals surface area contributed by atoms with Gasteiger partial charge in [0.15, 0.2) is 0 Å². The molecule has 282 valence electrons. The van der Waals surface area contributed by atoms with Crippen LogP contribution >= 0.6 is 0 Å². The molecule has 0 atom stereocenters. The minimum Gasteiger partial charge on any atom is -0.309 e. The second-order valence-electron chi connectivity index (χ2n) is 15.4. The molecule has 0 N–H and O–H groups in total. The second-order valence-corrected chi connectivity index (χ2v) is 15.4. The standard InChI is InChI=1S/C58H40N2/c1-5-21-49(22-6-1)59(50-23-7-2-8-24-50)57-53-35-33-48(46-32-30-42-18-14-16-20-44(42)38-46)40-56(53)58(60(51-25-9-3-10-26-51)52-27-11-4-12-28-52)54-36-34-47(39-55(54)57)45-31-29-41-17-13-15-19-43(41)37-45/h1-40H. The van der Waals surface area contributed by atoms with E-state index in [1.807, 2.05) is 0 Å². The molecular formula is C58H40N2. The molecule has 11 rings (SSSR count). The Bertz CT molecular complexity index is 3000. The number of hydrogen-bond donors (Lipinski definition) is 0. The Kier molecular flexibility index (Phi) is 8.87. The van der Waals surface area contributed by atoms with E-state index in [4.69, 9.17) is 0 Å². The van der Waals surface area contributed by atoms with Crippen LogP contribution in [0.2, 0.25) is 0 Å². The number of rotatable bonds is 8. The van der Waals surface area contributed by atoms with Crippen molar-refractivity contribution in [2.45, 2.75) is 0 Å². The maximum atomic E-state index is 2.45. The van der Waals surface area contributed by atoms with Crippen LogP contribution in [0.5, 0.6) is 0 Å². The zero-order chi connectivity index (χ0) is 39.8. The van der Waals surface area contributed by atoms with E-state index in [0.29, 0.717) is 0 Å². The summed E-state index contributed by atoms with van der Waals surface area (Å²) in [6.07, 6.45) is 0. The molecule has 0 amide bonds. The first-order valence-corrected chi connectivity index (χ1v) is 20.6. The monoisotopic (exact) mass is 764 g/mol. The summed E-state index contributed by atoms with van der Waals surface area (Å²) >= 11 is 0. The molecular weight excluding hydrogens is 725 g/mol. The highest BCUT2D eigenvalue weighted by Gasteiger charge is 2.26. The van der Waals surface area contributed by atoms with E-state index in [1.54, 1.807) is 0 Å². The van der Waals surface area contributed by atoms with E-state index in [9.17, 15) is 0 Å². The number of anilines is 6. The van der Waals surface area contributed by atoms with Crippen LogP contribution in [-0.4, -0.2) is 0 Å². The molecule has 0 fully saturated rings. The van der Waals surface area contributed by atoms with Gasteiger partial charge in [0.2, 0.25) is 0 Å². The molecule has 11 aromatic carbocycles. The van der Waals surface area contributed by atoms with Crippen LogP contribution in [0.25, 0.3) is 65.3 Å². The molecule has 11 aromatic rings. The summed E-state index contributed by atoms with van der Waals surface area (Å²) in [5, 5.41) is 9.55. The van der Waals surface area contributed by atoms with Crippen molar-refractivity contribution >= 4 is 77.2 Å². The fourth-order valence-corrected chi connectivity index (χ4v) is 8.89. The first-order chi connectivity index (χ1) is 29.8. The fourth-order valence-electron chi connectivity index (χ4n) is 8.89. The molecule has 0 unspecified atom stereocenters. The Morgan fingerprint density at radius 2 is 0.483 bits per heavy atom. The molecule has 0 aliphatic carbocycles. The summed E-state index contributed by atoms with van der Waals surface area (Å²) in [6.45, 7) is 0. The molecule has 2 nitrogen and oxygen atoms in total. The lowest BCUT2D eigenvalue weighted by Crippen LogP contribution is -2.14. The molecule has 0 saturated carbocycles. The van der Waals surface area contributed by atoms with Crippen molar-refractivity contribution in [2.75, 3.05) is 9.80 Å². The molecule has 0 spiro atoms. The van der Waals surface area contributed by atoms with E-state index in [2.05, 4.69) is 252 Å². The summed E-state index contributed by atoms with van der Waals surface area (Å²) in [6, 6.07) is 88.2. The zero-order valence-electron chi connectivity index (χ0n) is 33.0. The van der Waals surface area contributed by atoms with Gasteiger partial charge in [-0.1, -0.05) is 170 Å². The fraction of sp³-hybridized carbons (Fsp3) is 0. The van der Waals surface area contributed by atoms with Gasteiger partial charge in [-0.05, 0) is 117 Å². The predicted octanol–water partition coefficient (Wildman–Crippen LogP) is 16.6. The third kappa shape index (κ3) is 6.32. The largest absolute Gasteiger partial charge is 0.309 e. The third-order valence-electron chi connectivity index (χ3n) is 11.7. The summed E-state index contributed by atoms with van der Waals surface area (Å²) in [7, 11) is 0. The van der Waals surface area contributed by atoms with E-state index >= 15 is 0 Å². The smallest absolute Gasteiger partial charge is 0.0620 e. The van der Waals surface area contributed by atoms with Crippen LogP contribution < -0.4 is 9.80 Å². The number of nitrogens with zero attached hydrogens (tertiary/aromatic N) is 2. The van der Waals surface area contributed by atoms with E-state index in [-0.39, 0.29) is 0 Å². The van der Waals surface area contributed by atoms with Crippen molar-refractivity contribution in [1.82, 2.24) is 0 Å². The van der Waals surface area contributed by atoms with Crippen LogP contribution in [0.15, 0.2) is 243 Å². The van der Waals surface area contributed by atoms with Crippen molar-refractivity contribution < 1.29 is 0 Å². The van der Waals surface area contributed by atoms with Gasteiger partial charge < -0.3 is 9.80 Å². The van der Waals surface area contributed by atoms with Crippen LogP contribution in [-0.2, 0) is 0 Å². The molecule has 60 heavy (non-hydrogen) atoms. The molecule has 0 radical (unpaired) electrons. The number of para-hydroxylation sites is 4. The normalized spacial score (nSPS) is 11.3. The van der Waals surface area contributed by atoms with Gasteiger partial charge in [0.05, 0.1) is 11.4 Å². The Balaban J connectivity index is 1.30. The highest BCUT2D eigenvalue weighted by molar-refractivity contribution is 6.24. The van der Waals surface area contributed by atoms with Crippen molar-refractivity contribution in [1.29, 1.82) is 0 Å². The van der Waals surface area contributed by atoms with Gasteiger partial charge in [-0.15, -0.1) is 0 Å². The minimum atomic E-state index is 1.09.